The Morgan fingerprint density at radius 3 is 2.43 bits per heavy atom. The van der Waals surface area contributed by atoms with E-state index in [1.54, 1.807) is 19.2 Å². The van der Waals surface area contributed by atoms with E-state index in [0.717, 1.165) is 16.7 Å². The van der Waals surface area contributed by atoms with Gasteiger partial charge >= 0.3 is 0 Å². The molecule has 1 aliphatic rings. The zero-order valence-corrected chi connectivity index (χ0v) is 16.9. The molecule has 162 valence electrons. The molecule has 0 saturated carbocycles. The van der Waals surface area contributed by atoms with Crippen molar-refractivity contribution in [3.8, 4) is 11.1 Å². The van der Waals surface area contributed by atoms with Gasteiger partial charge in [-0.15, -0.1) is 0 Å². The summed E-state index contributed by atoms with van der Waals surface area (Å²) in [4.78, 5) is 11.9. The molecule has 8 heteroatoms. The minimum absolute atomic E-state index is 0.171. The minimum atomic E-state index is -1.47. The average molecular weight is 416 g/mol. The Balaban J connectivity index is 1.87. The van der Waals surface area contributed by atoms with E-state index >= 15 is 0 Å². The fourth-order valence-corrected chi connectivity index (χ4v) is 3.82. The van der Waals surface area contributed by atoms with Gasteiger partial charge in [-0.3, -0.25) is 4.79 Å². The Labute approximate surface area is 174 Å². The SMILES string of the molecule is CNC(=O)c1cccc(-c2ccc([C@@H](N)[C@H]3O[C@H](CO)[C@@H](O)[C@H](O)[C@@H]3O)c(C)c2)c1. The molecule has 0 aromatic heterocycles. The van der Waals surface area contributed by atoms with E-state index < -0.39 is 43.2 Å². The number of carbonyl (C=O) groups is 1. The van der Waals surface area contributed by atoms with Gasteiger partial charge in [0.05, 0.1) is 12.6 Å². The molecule has 1 amide bonds. The zero-order chi connectivity index (χ0) is 22.0. The third kappa shape index (κ3) is 4.24. The van der Waals surface area contributed by atoms with Crippen LogP contribution in [0.3, 0.4) is 0 Å². The van der Waals surface area contributed by atoms with Crippen molar-refractivity contribution in [2.75, 3.05) is 13.7 Å². The molecule has 6 atom stereocenters. The first-order valence-electron chi connectivity index (χ1n) is 9.77. The molecule has 0 spiro atoms. The highest BCUT2D eigenvalue weighted by Gasteiger charge is 2.46. The number of benzene rings is 2. The van der Waals surface area contributed by atoms with Gasteiger partial charge in [0.2, 0.25) is 0 Å². The Morgan fingerprint density at radius 2 is 1.80 bits per heavy atom. The number of hydrogen-bond acceptors (Lipinski definition) is 7. The van der Waals surface area contributed by atoms with Crippen LogP contribution in [0.15, 0.2) is 42.5 Å². The van der Waals surface area contributed by atoms with Gasteiger partial charge in [-0.1, -0.05) is 30.3 Å². The monoisotopic (exact) mass is 416 g/mol. The number of aliphatic hydroxyl groups is 4. The molecule has 0 bridgehead atoms. The molecule has 0 radical (unpaired) electrons. The lowest BCUT2D eigenvalue weighted by Gasteiger charge is -2.42. The number of nitrogens with two attached hydrogens (primary N) is 1. The molecule has 0 unspecified atom stereocenters. The zero-order valence-electron chi connectivity index (χ0n) is 16.9. The Morgan fingerprint density at radius 1 is 1.10 bits per heavy atom. The predicted molar refractivity (Wildman–Crippen MR) is 111 cm³/mol. The number of aryl methyl sites for hydroxylation is 1. The molecule has 1 fully saturated rings. The van der Waals surface area contributed by atoms with Gasteiger partial charge in [-0.25, -0.2) is 0 Å². The molecule has 7 N–H and O–H groups in total. The summed E-state index contributed by atoms with van der Waals surface area (Å²) in [5.74, 6) is -0.171. The predicted octanol–water partition coefficient (Wildman–Crippen LogP) is -0.136. The number of carbonyl (C=O) groups excluding carboxylic acids is 1. The van der Waals surface area contributed by atoms with Crippen LogP contribution >= 0.6 is 0 Å². The fourth-order valence-electron chi connectivity index (χ4n) is 3.82. The van der Waals surface area contributed by atoms with Gasteiger partial charge in [0.15, 0.2) is 0 Å². The first kappa shape index (κ1) is 22.4. The summed E-state index contributed by atoms with van der Waals surface area (Å²) >= 11 is 0. The van der Waals surface area contributed by atoms with Crippen molar-refractivity contribution < 1.29 is 30.0 Å². The van der Waals surface area contributed by atoms with Crippen LogP contribution in [0.4, 0.5) is 0 Å². The number of hydrogen-bond donors (Lipinski definition) is 6. The first-order chi connectivity index (χ1) is 14.3. The maximum absolute atomic E-state index is 11.9. The van der Waals surface area contributed by atoms with Gasteiger partial charge in [-0.05, 0) is 41.3 Å². The summed E-state index contributed by atoms with van der Waals surface area (Å²) in [6, 6.07) is 12.0. The molecule has 2 aromatic rings. The van der Waals surface area contributed by atoms with Crippen LogP contribution in [0.5, 0.6) is 0 Å². The number of ether oxygens (including phenoxy) is 1. The van der Waals surface area contributed by atoms with Crippen LogP contribution < -0.4 is 11.1 Å². The van der Waals surface area contributed by atoms with Crippen LogP contribution in [-0.2, 0) is 4.74 Å². The van der Waals surface area contributed by atoms with Crippen LogP contribution in [-0.4, -0.2) is 70.5 Å². The number of aliphatic hydroxyl groups excluding tert-OH is 4. The topological polar surface area (TPSA) is 145 Å². The molecule has 1 aliphatic heterocycles. The largest absolute Gasteiger partial charge is 0.394 e. The number of amides is 1. The lowest BCUT2D eigenvalue weighted by Crippen LogP contribution is -2.60. The lowest BCUT2D eigenvalue weighted by atomic mass is 9.86. The highest BCUT2D eigenvalue weighted by molar-refractivity contribution is 5.95. The van der Waals surface area contributed by atoms with E-state index in [-0.39, 0.29) is 5.91 Å². The molecule has 0 aliphatic carbocycles. The van der Waals surface area contributed by atoms with E-state index in [9.17, 15) is 25.2 Å². The van der Waals surface area contributed by atoms with Crippen LogP contribution in [0.1, 0.15) is 27.5 Å². The van der Waals surface area contributed by atoms with E-state index in [2.05, 4.69) is 5.32 Å². The van der Waals surface area contributed by atoms with Gasteiger partial charge in [0.1, 0.15) is 30.5 Å². The fraction of sp³-hybridized carbons (Fsp3) is 0.409. The summed E-state index contributed by atoms with van der Waals surface area (Å²) in [5.41, 5.74) is 10.2. The minimum Gasteiger partial charge on any atom is -0.394 e. The van der Waals surface area contributed by atoms with Crippen LogP contribution in [0.2, 0.25) is 0 Å². The average Bonchev–Trinajstić information content (AvgIpc) is 2.76. The van der Waals surface area contributed by atoms with Gasteiger partial charge < -0.3 is 36.2 Å². The maximum Gasteiger partial charge on any atom is 0.251 e. The molecule has 2 aromatic carbocycles. The van der Waals surface area contributed by atoms with Crippen LogP contribution in [0.25, 0.3) is 11.1 Å². The van der Waals surface area contributed by atoms with E-state index in [1.165, 1.54) is 0 Å². The van der Waals surface area contributed by atoms with Crippen LogP contribution in [0, 0.1) is 6.92 Å². The number of nitrogens with one attached hydrogen (secondary N) is 1. The van der Waals surface area contributed by atoms with Crippen molar-refractivity contribution in [3.05, 3.63) is 59.2 Å². The normalized spacial score (nSPS) is 27.5. The summed E-state index contributed by atoms with van der Waals surface area (Å²) in [6.07, 6.45) is -6.31. The van der Waals surface area contributed by atoms with Crippen molar-refractivity contribution in [1.82, 2.24) is 5.32 Å². The Bertz CT molecular complexity index is 903. The third-order valence-corrected chi connectivity index (χ3v) is 5.60. The second-order valence-electron chi connectivity index (χ2n) is 7.55. The Kier molecular flexibility index (Phi) is 6.87. The molecule has 30 heavy (non-hydrogen) atoms. The highest BCUT2D eigenvalue weighted by atomic mass is 16.5. The Hall–Kier alpha value is -2.33. The standard InChI is InChI=1S/C22H28N2O6/c1-11-8-13(12-4-3-5-14(9-12)22(29)24-2)6-7-15(11)17(23)21-20(28)19(27)18(26)16(10-25)30-21/h3-9,16-21,25-28H,10,23H2,1-2H3,(H,24,29)/t16-,17-,18-,19+,20+,21-/m1/s1. The second kappa shape index (κ2) is 9.22. The van der Waals surface area contributed by atoms with Crippen molar-refractivity contribution >= 4 is 5.91 Å². The van der Waals surface area contributed by atoms with E-state index in [4.69, 9.17) is 10.5 Å². The van der Waals surface area contributed by atoms with Gasteiger partial charge in [0, 0.05) is 12.6 Å². The van der Waals surface area contributed by atoms with Gasteiger partial charge in [-0.2, -0.15) is 0 Å². The van der Waals surface area contributed by atoms with E-state index in [1.807, 2.05) is 37.3 Å². The summed E-state index contributed by atoms with van der Waals surface area (Å²) in [7, 11) is 1.58. The smallest absolute Gasteiger partial charge is 0.251 e. The van der Waals surface area contributed by atoms with Crippen molar-refractivity contribution in [2.24, 2.45) is 5.73 Å². The summed E-state index contributed by atoms with van der Waals surface area (Å²) in [6.45, 7) is 1.36. The molecular formula is C22H28N2O6. The highest BCUT2D eigenvalue weighted by Crippen LogP contribution is 2.32. The van der Waals surface area contributed by atoms with E-state index in [0.29, 0.717) is 11.1 Å². The number of rotatable bonds is 5. The molecule has 1 heterocycles. The molecule has 3 rings (SSSR count). The summed E-state index contributed by atoms with van der Waals surface area (Å²) in [5, 5.41) is 42.3. The van der Waals surface area contributed by atoms with Gasteiger partial charge in [0.25, 0.3) is 5.91 Å². The van der Waals surface area contributed by atoms with Crippen molar-refractivity contribution in [3.63, 3.8) is 0 Å². The third-order valence-electron chi connectivity index (χ3n) is 5.60. The first-order valence-corrected chi connectivity index (χ1v) is 9.77. The quantitative estimate of drug-likeness (QED) is 0.398. The molecule has 8 nitrogen and oxygen atoms in total. The van der Waals surface area contributed by atoms with Crippen molar-refractivity contribution in [2.45, 2.75) is 43.5 Å². The van der Waals surface area contributed by atoms with Crippen molar-refractivity contribution in [1.29, 1.82) is 0 Å². The second-order valence-corrected chi connectivity index (χ2v) is 7.55. The molecular weight excluding hydrogens is 388 g/mol. The lowest BCUT2D eigenvalue weighted by molar-refractivity contribution is -0.234. The summed E-state index contributed by atoms with van der Waals surface area (Å²) < 4.78 is 5.59. The maximum atomic E-state index is 11.9. The molecule has 1 saturated heterocycles.